The lowest BCUT2D eigenvalue weighted by molar-refractivity contribution is 0.177. The van der Waals surface area contributed by atoms with Crippen molar-refractivity contribution in [1.29, 1.82) is 0 Å². The number of rotatable bonds is 2. The molecule has 0 aromatic carbocycles. The molecule has 0 saturated carbocycles. The van der Waals surface area contributed by atoms with Gasteiger partial charge in [0.1, 0.15) is 0 Å². The lowest BCUT2D eigenvalue weighted by Crippen LogP contribution is -2.10. The zero-order valence-corrected chi connectivity index (χ0v) is 3.94. The molecule has 0 aliphatic heterocycles. The Kier molecular flexibility index (Phi) is 3.08. The maximum Gasteiger partial charge on any atom is 0.0675 e. The smallest absolute Gasteiger partial charge is 0.0675 e. The van der Waals surface area contributed by atoms with Crippen LogP contribution in [0.5, 0.6) is 0 Å². The van der Waals surface area contributed by atoms with E-state index >= 15 is 0 Å². The lowest BCUT2D eigenvalue weighted by atomic mass is 10.3. The zero-order valence-electron chi connectivity index (χ0n) is 3.94. The average molecular weight is 88.1 g/mol. The van der Waals surface area contributed by atoms with E-state index in [1.807, 2.05) is 6.92 Å². The maximum absolute atomic E-state index is 8.48. The molecule has 0 bridgehead atoms. The summed E-state index contributed by atoms with van der Waals surface area (Å²) in [6, 6.07) is 0. The Morgan fingerprint density at radius 3 is 2.33 bits per heavy atom. The van der Waals surface area contributed by atoms with Gasteiger partial charge in [0, 0.05) is 6.54 Å². The van der Waals surface area contributed by atoms with E-state index in [0.29, 0.717) is 6.42 Å². The summed E-state index contributed by atoms with van der Waals surface area (Å²) >= 11 is 0. The van der Waals surface area contributed by atoms with Crippen molar-refractivity contribution in [2.45, 2.75) is 19.4 Å². The number of hydrogen-bond donors (Lipinski definition) is 1. The SMILES string of the molecule is CC[C@@H](O)C[NH]. The van der Waals surface area contributed by atoms with Crippen LogP contribution < -0.4 is 5.73 Å². The standard InChI is InChI=1S/C4H10NO/c1-2-4(6)3-5/h4-6H,2-3H2,1H3/t4-/m1/s1. The molecule has 0 amide bonds. The van der Waals surface area contributed by atoms with E-state index in [1.165, 1.54) is 0 Å². The minimum Gasteiger partial charge on any atom is -0.392 e. The molecule has 0 aliphatic carbocycles. The zero-order chi connectivity index (χ0) is 4.99. The summed E-state index contributed by atoms with van der Waals surface area (Å²) in [4.78, 5) is 0. The second kappa shape index (κ2) is 3.12. The third-order valence-corrected chi connectivity index (χ3v) is 0.707. The van der Waals surface area contributed by atoms with Gasteiger partial charge >= 0.3 is 0 Å². The quantitative estimate of drug-likeness (QED) is 0.509. The number of hydrogen-bond acceptors (Lipinski definition) is 1. The molecule has 2 heteroatoms. The third-order valence-electron chi connectivity index (χ3n) is 0.707. The van der Waals surface area contributed by atoms with Crippen molar-refractivity contribution >= 4 is 0 Å². The first-order valence-electron chi connectivity index (χ1n) is 2.14. The van der Waals surface area contributed by atoms with Crippen LogP contribution in [0.3, 0.4) is 0 Å². The number of aliphatic hydroxyl groups excluding tert-OH is 1. The van der Waals surface area contributed by atoms with Crippen LogP contribution in [-0.2, 0) is 0 Å². The van der Waals surface area contributed by atoms with Crippen molar-refractivity contribution in [2.24, 2.45) is 0 Å². The molecule has 0 aromatic rings. The van der Waals surface area contributed by atoms with Crippen LogP contribution in [0.25, 0.3) is 0 Å². The molecule has 0 rings (SSSR count). The largest absolute Gasteiger partial charge is 0.392 e. The third kappa shape index (κ3) is 2.18. The van der Waals surface area contributed by atoms with E-state index < -0.39 is 6.10 Å². The molecule has 0 aliphatic rings. The highest BCUT2D eigenvalue weighted by atomic mass is 16.3. The number of nitrogens with one attached hydrogen (secondary N) is 1. The van der Waals surface area contributed by atoms with Gasteiger partial charge in [-0.05, 0) is 6.42 Å². The van der Waals surface area contributed by atoms with Gasteiger partial charge in [-0.3, -0.25) is 5.73 Å². The van der Waals surface area contributed by atoms with Crippen LogP contribution in [0.2, 0.25) is 0 Å². The van der Waals surface area contributed by atoms with Gasteiger partial charge in [-0.2, -0.15) is 0 Å². The average Bonchev–Trinajstić information content (AvgIpc) is 1.65. The first-order valence-corrected chi connectivity index (χ1v) is 2.14. The van der Waals surface area contributed by atoms with Gasteiger partial charge in [0.05, 0.1) is 6.10 Å². The normalized spacial score (nSPS) is 14.5. The highest BCUT2D eigenvalue weighted by Crippen LogP contribution is 1.82. The second-order valence-corrected chi connectivity index (χ2v) is 1.27. The van der Waals surface area contributed by atoms with Gasteiger partial charge in [-0.25, -0.2) is 0 Å². The van der Waals surface area contributed by atoms with E-state index in [9.17, 15) is 0 Å². The van der Waals surface area contributed by atoms with Crippen LogP contribution in [0.15, 0.2) is 0 Å². The fraction of sp³-hybridized carbons (Fsp3) is 1.00. The molecule has 2 N–H and O–H groups in total. The van der Waals surface area contributed by atoms with Gasteiger partial charge < -0.3 is 5.11 Å². The number of aliphatic hydroxyl groups is 1. The van der Waals surface area contributed by atoms with Crippen molar-refractivity contribution in [3.8, 4) is 0 Å². The Bertz CT molecular complexity index is 26.7. The fourth-order valence-corrected chi connectivity index (χ4v) is 0.144. The van der Waals surface area contributed by atoms with Crippen molar-refractivity contribution in [1.82, 2.24) is 5.73 Å². The van der Waals surface area contributed by atoms with E-state index in [4.69, 9.17) is 10.8 Å². The highest BCUT2D eigenvalue weighted by Gasteiger charge is 1.91. The summed E-state index contributed by atoms with van der Waals surface area (Å²) in [7, 11) is 0. The van der Waals surface area contributed by atoms with Crippen molar-refractivity contribution in [2.75, 3.05) is 6.54 Å². The minimum absolute atomic E-state index is 0.135. The minimum atomic E-state index is -0.398. The van der Waals surface area contributed by atoms with Gasteiger partial charge in [-0.15, -0.1) is 0 Å². The van der Waals surface area contributed by atoms with E-state index in [2.05, 4.69) is 0 Å². The summed E-state index contributed by atoms with van der Waals surface area (Å²) in [5.41, 5.74) is 6.56. The molecule has 6 heavy (non-hydrogen) atoms. The topological polar surface area (TPSA) is 44.0 Å². The Morgan fingerprint density at radius 1 is 1.83 bits per heavy atom. The Hall–Kier alpha value is -0.0800. The van der Waals surface area contributed by atoms with Crippen LogP contribution in [-0.4, -0.2) is 17.8 Å². The van der Waals surface area contributed by atoms with Crippen molar-refractivity contribution in [3.63, 3.8) is 0 Å². The lowest BCUT2D eigenvalue weighted by Gasteiger charge is -1.97. The molecular weight excluding hydrogens is 78.1 g/mol. The first-order chi connectivity index (χ1) is 2.81. The Balaban J connectivity index is 2.75. The van der Waals surface area contributed by atoms with Gasteiger partial charge in [0.15, 0.2) is 0 Å². The summed E-state index contributed by atoms with van der Waals surface area (Å²) in [5, 5.41) is 8.48. The van der Waals surface area contributed by atoms with E-state index in [1.54, 1.807) is 0 Å². The van der Waals surface area contributed by atoms with Crippen molar-refractivity contribution < 1.29 is 5.11 Å². The molecule has 0 fully saturated rings. The van der Waals surface area contributed by atoms with Crippen LogP contribution in [0.1, 0.15) is 13.3 Å². The van der Waals surface area contributed by atoms with Crippen LogP contribution >= 0.6 is 0 Å². The molecule has 0 aromatic heterocycles. The predicted octanol–water partition coefficient (Wildman–Crippen LogP) is 0.0402. The van der Waals surface area contributed by atoms with E-state index in [0.717, 1.165) is 0 Å². The van der Waals surface area contributed by atoms with Gasteiger partial charge in [0.25, 0.3) is 0 Å². The molecule has 0 heterocycles. The summed E-state index contributed by atoms with van der Waals surface area (Å²) in [5.74, 6) is 0. The Morgan fingerprint density at radius 2 is 2.33 bits per heavy atom. The molecule has 37 valence electrons. The molecule has 1 radical (unpaired) electrons. The van der Waals surface area contributed by atoms with Gasteiger partial charge in [0.2, 0.25) is 0 Å². The summed E-state index contributed by atoms with van der Waals surface area (Å²) in [6.07, 6.45) is 0.300. The predicted molar refractivity (Wildman–Crippen MR) is 24.3 cm³/mol. The molecular formula is C4H10NO. The first kappa shape index (κ1) is 5.92. The van der Waals surface area contributed by atoms with Gasteiger partial charge in [-0.1, -0.05) is 6.92 Å². The monoisotopic (exact) mass is 88.1 g/mol. The second-order valence-electron chi connectivity index (χ2n) is 1.27. The highest BCUT2D eigenvalue weighted by molar-refractivity contribution is 4.47. The summed E-state index contributed by atoms with van der Waals surface area (Å²) in [6.45, 7) is 2.00. The van der Waals surface area contributed by atoms with Crippen LogP contribution in [0, 0.1) is 0 Å². The van der Waals surface area contributed by atoms with E-state index in [-0.39, 0.29) is 6.54 Å². The van der Waals surface area contributed by atoms with Crippen LogP contribution in [0.4, 0.5) is 0 Å². The fourth-order valence-electron chi connectivity index (χ4n) is 0.144. The molecule has 0 unspecified atom stereocenters. The maximum atomic E-state index is 8.48. The molecule has 2 nitrogen and oxygen atoms in total. The molecule has 0 spiro atoms. The van der Waals surface area contributed by atoms with Crippen molar-refractivity contribution in [3.05, 3.63) is 0 Å². The summed E-state index contributed by atoms with van der Waals surface area (Å²) < 4.78 is 0. The Labute approximate surface area is 38.0 Å². The molecule has 1 atom stereocenters. The molecule has 0 saturated heterocycles.